The predicted octanol–water partition coefficient (Wildman–Crippen LogP) is 4.07. The van der Waals surface area contributed by atoms with Gasteiger partial charge in [0.1, 0.15) is 4.90 Å². The van der Waals surface area contributed by atoms with Gasteiger partial charge in [-0.05, 0) is 23.8 Å². The second-order valence-corrected chi connectivity index (χ2v) is 8.21. The van der Waals surface area contributed by atoms with E-state index in [-0.39, 0.29) is 22.3 Å². The second-order valence-electron chi connectivity index (χ2n) is 5.60. The molecule has 0 bridgehead atoms. The van der Waals surface area contributed by atoms with Crippen LogP contribution >= 0.6 is 23.2 Å². The summed E-state index contributed by atoms with van der Waals surface area (Å²) in [5.41, 5.74) is -0.335. The number of benzene rings is 1. The minimum absolute atomic E-state index is 0.0178. The average Bonchev–Trinajstić information content (AvgIpc) is 3.11. The Hall–Kier alpha value is -2.14. The molecule has 2 aromatic heterocycles. The first-order valence-corrected chi connectivity index (χ1v) is 9.82. The van der Waals surface area contributed by atoms with Gasteiger partial charge in [0.05, 0.1) is 23.0 Å². The number of hydrogen-bond acceptors (Lipinski definition) is 4. The van der Waals surface area contributed by atoms with Gasteiger partial charge in [0.25, 0.3) is 0 Å². The van der Waals surface area contributed by atoms with Gasteiger partial charge in [-0.25, -0.2) is 22.8 Å². The van der Waals surface area contributed by atoms with Crippen LogP contribution in [0.1, 0.15) is 11.1 Å². The number of sulfonamides is 1. The summed E-state index contributed by atoms with van der Waals surface area (Å²) in [6.45, 7) is 0.0178. The summed E-state index contributed by atoms with van der Waals surface area (Å²) >= 11 is 11.6. The maximum Gasteiger partial charge on any atom is 0.417 e. The molecule has 0 aliphatic carbocycles. The van der Waals surface area contributed by atoms with Gasteiger partial charge in [0.15, 0.2) is 5.82 Å². The van der Waals surface area contributed by atoms with Crippen LogP contribution in [0.4, 0.5) is 13.2 Å². The van der Waals surface area contributed by atoms with E-state index in [0.717, 1.165) is 17.1 Å². The Kier molecular flexibility index (Phi) is 5.67. The highest BCUT2D eigenvalue weighted by atomic mass is 35.5. The molecule has 6 nitrogen and oxygen atoms in total. The highest BCUT2D eigenvalue weighted by Gasteiger charge is 2.32. The molecule has 0 aliphatic rings. The molecule has 0 fully saturated rings. The molecule has 2 heterocycles. The third-order valence-corrected chi connectivity index (χ3v) is 5.50. The van der Waals surface area contributed by atoms with E-state index in [4.69, 9.17) is 23.2 Å². The van der Waals surface area contributed by atoms with Crippen LogP contribution in [0.5, 0.6) is 0 Å². The molecule has 0 radical (unpaired) electrons. The van der Waals surface area contributed by atoms with Crippen LogP contribution in [0.15, 0.2) is 53.8 Å². The average molecular weight is 451 g/mol. The Morgan fingerprint density at radius 3 is 2.39 bits per heavy atom. The molecular formula is C16H11Cl2F3N4O2S. The summed E-state index contributed by atoms with van der Waals surface area (Å²) in [7, 11) is -3.92. The van der Waals surface area contributed by atoms with E-state index in [1.54, 1.807) is 24.3 Å². The van der Waals surface area contributed by atoms with Crippen molar-refractivity contribution in [3.63, 3.8) is 0 Å². The van der Waals surface area contributed by atoms with E-state index in [0.29, 0.717) is 22.8 Å². The third-order valence-electron chi connectivity index (χ3n) is 3.61. The summed E-state index contributed by atoms with van der Waals surface area (Å²) in [6.07, 6.45) is -1.86. The van der Waals surface area contributed by atoms with Crippen molar-refractivity contribution in [1.82, 2.24) is 19.5 Å². The molecule has 0 saturated heterocycles. The lowest BCUT2D eigenvalue weighted by Crippen LogP contribution is -2.22. The van der Waals surface area contributed by atoms with Gasteiger partial charge in [0, 0.05) is 17.8 Å². The topological polar surface area (TPSA) is 76.9 Å². The number of nitrogens with zero attached hydrogens (tertiary/aromatic N) is 3. The molecule has 0 spiro atoms. The summed E-state index contributed by atoms with van der Waals surface area (Å²) in [6, 6.07) is 7.28. The first-order chi connectivity index (χ1) is 13.1. The number of pyridine rings is 1. The second kappa shape index (κ2) is 7.70. The molecule has 0 atom stereocenters. The number of nitrogens with one attached hydrogen (secondary N) is 1. The van der Waals surface area contributed by atoms with Crippen LogP contribution in [-0.4, -0.2) is 23.2 Å². The first kappa shape index (κ1) is 20.6. The Morgan fingerprint density at radius 2 is 1.79 bits per heavy atom. The van der Waals surface area contributed by atoms with Gasteiger partial charge < -0.3 is 0 Å². The van der Waals surface area contributed by atoms with E-state index < -0.39 is 21.8 Å². The number of rotatable bonds is 5. The zero-order valence-electron chi connectivity index (χ0n) is 13.8. The number of halogens is 5. The monoisotopic (exact) mass is 450 g/mol. The summed E-state index contributed by atoms with van der Waals surface area (Å²) in [4.78, 5) is 3.44. The zero-order valence-corrected chi connectivity index (χ0v) is 16.1. The van der Waals surface area contributed by atoms with E-state index in [1.165, 1.54) is 0 Å². The minimum atomic E-state index is -4.60. The smallest absolute Gasteiger partial charge is 0.235 e. The van der Waals surface area contributed by atoms with Gasteiger partial charge in [0.2, 0.25) is 10.0 Å². The Labute approximate surface area is 168 Å². The summed E-state index contributed by atoms with van der Waals surface area (Å²) in [5, 5.41) is 4.02. The maximum absolute atomic E-state index is 12.7. The number of aromatic nitrogens is 3. The standard InChI is InChI=1S/C16H11Cl2F3N4O2S/c17-12-3-1-10(2-4-12)6-24-28(26,27)13-8-23-25(9-13)15-14(18)5-11(7-22-15)16(19,20)21/h1-5,7-9,24H,6H2. The van der Waals surface area contributed by atoms with Crippen molar-refractivity contribution in [2.75, 3.05) is 0 Å². The Morgan fingerprint density at radius 1 is 1.11 bits per heavy atom. The molecule has 0 unspecified atom stereocenters. The lowest BCUT2D eigenvalue weighted by atomic mass is 10.2. The molecule has 28 heavy (non-hydrogen) atoms. The van der Waals surface area contributed by atoms with E-state index in [9.17, 15) is 21.6 Å². The normalized spacial score (nSPS) is 12.3. The molecule has 0 aliphatic heterocycles. The molecular weight excluding hydrogens is 440 g/mol. The molecule has 12 heteroatoms. The number of hydrogen-bond donors (Lipinski definition) is 1. The fourth-order valence-electron chi connectivity index (χ4n) is 2.18. The van der Waals surface area contributed by atoms with Crippen LogP contribution < -0.4 is 4.72 Å². The molecule has 3 rings (SSSR count). The van der Waals surface area contributed by atoms with Crippen molar-refractivity contribution in [3.8, 4) is 5.82 Å². The fourth-order valence-corrected chi connectivity index (χ4v) is 3.51. The van der Waals surface area contributed by atoms with E-state index in [1.807, 2.05) is 0 Å². The largest absolute Gasteiger partial charge is 0.417 e. The van der Waals surface area contributed by atoms with Gasteiger partial charge in [-0.1, -0.05) is 35.3 Å². The van der Waals surface area contributed by atoms with Crippen LogP contribution in [0, 0.1) is 0 Å². The van der Waals surface area contributed by atoms with Crippen molar-refractivity contribution in [1.29, 1.82) is 0 Å². The van der Waals surface area contributed by atoms with Gasteiger partial charge >= 0.3 is 6.18 Å². The predicted molar refractivity (Wildman–Crippen MR) is 96.8 cm³/mol. The number of alkyl halides is 3. The lowest BCUT2D eigenvalue weighted by Gasteiger charge is -2.09. The maximum atomic E-state index is 12.7. The lowest BCUT2D eigenvalue weighted by molar-refractivity contribution is -0.137. The van der Waals surface area contributed by atoms with Crippen LogP contribution in [0.3, 0.4) is 0 Å². The SMILES string of the molecule is O=S(=O)(NCc1ccc(Cl)cc1)c1cnn(-c2ncc(C(F)(F)F)cc2Cl)c1. The van der Waals surface area contributed by atoms with Crippen molar-refractivity contribution in [3.05, 3.63) is 70.1 Å². The minimum Gasteiger partial charge on any atom is -0.235 e. The van der Waals surface area contributed by atoms with Crippen molar-refractivity contribution in [2.45, 2.75) is 17.6 Å². The molecule has 0 saturated carbocycles. The quantitative estimate of drug-likeness (QED) is 0.635. The van der Waals surface area contributed by atoms with Crippen LogP contribution in [0.25, 0.3) is 5.82 Å². The first-order valence-electron chi connectivity index (χ1n) is 7.58. The molecule has 148 valence electrons. The van der Waals surface area contributed by atoms with Gasteiger partial charge in [-0.2, -0.15) is 18.3 Å². The highest BCUT2D eigenvalue weighted by molar-refractivity contribution is 7.89. The molecule has 1 aromatic carbocycles. The van der Waals surface area contributed by atoms with Gasteiger partial charge in [-0.3, -0.25) is 0 Å². The fraction of sp³-hybridized carbons (Fsp3) is 0.125. The van der Waals surface area contributed by atoms with Crippen LogP contribution in [-0.2, 0) is 22.7 Å². The van der Waals surface area contributed by atoms with E-state index in [2.05, 4.69) is 14.8 Å². The molecule has 1 N–H and O–H groups in total. The molecule has 3 aromatic rings. The van der Waals surface area contributed by atoms with Crippen molar-refractivity contribution in [2.24, 2.45) is 0 Å². The Bertz CT molecular complexity index is 1100. The summed E-state index contributed by atoms with van der Waals surface area (Å²) < 4.78 is 66.2. The molecule has 0 amide bonds. The van der Waals surface area contributed by atoms with Crippen molar-refractivity contribution < 1.29 is 21.6 Å². The van der Waals surface area contributed by atoms with Gasteiger partial charge in [-0.15, -0.1) is 0 Å². The zero-order chi connectivity index (χ0) is 20.5. The Balaban J connectivity index is 1.80. The van der Waals surface area contributed by atoms with E-state index >= 15 is 0 Å². The summed E-state index contributed by atoms with van der Waals surface area (Å²) in [5.74, 6) is -0.131. The highest BCUT2D eigenvalue weighted by Crippen LogP contribution is 2.31. The van der Waals surface area contributed by atoms with Crippen LogP contribution in [0.2, 0.25) is 10.0 Å². The third kappa shape index (κ3) is 4.64. The van der Waals surface area contributed by atoms with Crippen molar-refractivity contribution >= 4 is 33.2 Å².